The number of hydrogen-bond acceptors (Lipinski definition) is 7. The van der Waals surface area contributed by atoms with Crippen molar-refractivity contribution in [1.82, 2.24) is 14.8 Å². The summed E-state index contributed by atoms with van der Waals surface area (Å²) in [4.78, 5) is 55.0. The number of carbonyl (C=O) groups is 3. The third-order valence-corrected chi connectivity index (χ3v) is 7.62. The Morgan fingerprint density at radius 2 is 1.91 bits per heavy atom. The average molecular weight is 596 g/mol. The molecule has 0 saturated carbocycles. The van der Waals surface area contributed by atoms with Gasteiger partial charge in [0.2, 0.25) is 5.43 Å². The fourth-order valence-corrected chi connectivity index (χ4v) is 5.35. The lowest BCUT2D eigenvalue weighted by atomic mass is 9.92. The molecule has 5 rings (SSSR count). The molecule has 10 nitrogen and oxygen atoms in total. The van der Waals surface area contributed by atoms with Crippen LogP contribution in [-0.4, -0.2) is 73.6 Å². The predicted octanol–water partition coefficient (Wildman–Crippen LogP) is 2.46. The molecule has 2 amide bonds. The lowest BCUT2D eigenvalue weighted by Gasteiger charge is -2.43. The molecule has 0 radical (unpaired) electrons. The first-order chi connectivity index (χ1) is 20.7. The van der Waals surface area contributed by atoms with Crippen molar-refractivity contribution in [3.05, 3.63) is 99.0 Å². The molecule has 1 saturated heterocycles. The normalized spacial score (nSPS) is 17.7. The number of nitrogens with one attached hydrogen (secondary N) is 1. The second-order valence-corrected chi connectivity index (χ2v) is 10.6. The molecule has 0 bridgehead atoms. The van der Waals surface area contributed by atoms with Crippen molar-refractivity contribution in [2.45, 2.75) is 25.0 Å². The Hall–Kier alpha value is -4.42. The highest BCUT2D eigenvalue weighted by Crippen LogP contribution is 2.37. The van der Waals surface area contributed by atoms with E-state index in [1.54, 1.807) is 21.6 Å². The van der Waals surface area contributed by atoms with E-state index in [4.69, 9.17) is 14.2 Å². The van der Waals surface area contributed by atoms with Crippen molar-refractivity contribution in [3.8, 4) is 5.75 Å². The maximum absolute atomic E-state index is 14.0. The van der Waals surface area contributed by atoms with Crippen molar-refractivity contribution < 1.29 is 37.4 Å². The number of Topliss-reactive ketones (excluding diaryl/α,β-unsaturated/α-hetero) is 1. The topological polar surface area (TPSA) is 116 Å². The van der Waals surface area contributed by atoms with Crippen LogP contribution < -0.4 is 15.5 Å². The second kappa shape index (κ2) is 12.8. The van der Waals surface area contributed by atoms with Crippen LogP contribution in [-0.2, 0) is 32.8 Å². The minimum absolute atomic E-state index is 0.00759. The van der Waals surface area contributed by atoms with Crippen LogP contribution in [0.5, 0.6) is 5.75 Å². The molecule has 2 aliphatic heterocycles. The molecule has 1 atom stereocenters. The van der Waals surface area contributed by atoms with E-state index in [1.165, 1.54) is 13.3 Å². The van der Waals surface area contributed by atoms with Gasteiger partial charge in [0.15, 0.2) is 17.2 Å². The van der Waals surface area contributed by atoms with Crippen LogP contribution in [0.15, 0.2) is 59.5 Å². The Labute approximate surface area is 246 Å². The van der Waals surface area contributed by atoms with Crippen LogP contribution in [0.2, 0.25) is 0 Å². The van der Waals surface area contributed by atoms with Crippen LogP contribution >= 0.6 is 0 Å². The first kappa shape index (κ1) is 30.1. The number of benzene rings is 2. The van der Waals surface area contributed by atoms with Gasteiger partial charge in [0, 0.05) is 45.5 Å². The quantitative estimate of drug-likeness (QED) is 0.362. The molecule has 43 heavy (non-hydrogen) atoms. The molecule has 1 unspecified atom stereocenters. The van der Waals surface area contributed by atoms with Gasteiger partial charge in [-0.25, -0.2) is 8.78 Å². The molecule has 0 aliphatic carbocycles. The van der Waals surface area contributed by atoms with Crippen molar-refractivity contribution >= 4 is 17.6 Å². The smallest absolute Gasteiger partial charge is 0.274 e. The lowest BCUT2D eigenvalue weighted by Crippen LogP contribution is -2.56. The third kappa shape index (κ3) is 6.35. The SMILES string of the molecule is COCCN1CC2(CCOC2)n2cc(C(=O)NCC(=O)Cc3ccc(F)cc3F)c(=O)c(OCc3ccccc3)c2C1=O. The maximum atomic E-state index is 14.0. The van der Waals surface area contributed by atoms with Gasteiger partial charge in [0.25, 0.3) is 11.8 Å². The lowest BCUT2D eigenvalue weighted by molar-refractivity contribution is -0.117. The zero-order valence-corrected chi connectivity index (χ0v) is 23.6. The molecule has 1 N–H and O–H groups in total. The highest BCUT2D eigenvalue weighted by Gasteiger charge is 2.47. The first-order valence-electron chi connectivity index (χ1n) is 13.8. The summed E-state index contributed by atoms with van der Waals surface area (Å²) >= 11 is 0. The molecular weight excluding hydrogens is 564 g/mol. The summed E-state index contributed by atoms with van der Waals surface area (Å²) in [5.74, 6) is -3.79. The Morgan fingerprint density at radius 1 is 1.12 bits per heavy atom. The number of hydrogen-bond donors (Lipinski definition) is 1. The molecule has 3 aromatic rings. The molecule has 1 spiro atoms. The number of methoxy groups -OCH3 is 1. The van der Waals surface area contributed by atoms with Crippen LogP contribution in [0.4, 0.5) is 8.78 Å². The summed E-state index contributed by atoms with van der Waals surface area (Å²) in [6, 6.07) is 11.9. The number of aromatic nitrogens is 1. The van der Waals surface area contributed by atoms with Gasteiger partial charge in [-0.3, -0.25) is 19.2 Å². The summed E-state index contributed by atoms with van der Waals surface area (Å²) in [7, 11) is 1.53. The van der Waals surface area contributed by atoms with Crippen molar-refractivity contribution in [1.29, 1.82) is 0 Å². The maximum Gasteiger partial charge on any atom is 0.274 e. The number of fused-ring (bicyclic) bond motifs is 2. The highest BCUT2D eigenvalue weighted by atomic mass is 19.1. The van der Waals surface area contributed by atoms with E-state index in [0.717, 1.165) is 17.7 Å². The minimum atomic E-state index is -0.874. The van der Waals surface area contributed by atoms with E-state index in [0.29, 0.717) is 19.1 Å². The monoisotopic (exact) mass is 595 g/mol. The van der Waals surface area contributed by atoms with Crippen molar-refractivity contribution in [2.24, 2.45) is 0 Å². The van der Waals surface area contributed by atoms with Gasteiger partial charge < -0.3 is 29.0 Å². The molecular formula is C31H31F2N3O7. The summed E-state index contributed by atoms with van der Waals surface area (Å²) in [5, 5.41) is 2.43. The van der Waals surface area contributed by atoms with Gasteiger partial charge in [-0.1, -0.05) is 36.4 Å². The van der Waals surface area contributed by atoms with Gasteiger partial charge in [-0.2, -0.15) is 0 Å². The molecule has 2 aromatic carbocycles. The van der Waals surface area contributed by atoms with Gasteiger partial charge in [-0.05, 0) is 23.6 Å². The second-order valence-electron chi connectivity index (χ2n) is 10.6. The van der Waals surface area contributed by atoms with E-state index in [9.17, 15) is 28.0 Å². The van der Waals surface area contributed by atoms with Crippen LogP contribution in [0.3, 0.4) is 0 Å². The van der Waals surface area contributed by atoms with Crippen molar-refractivity contribution in [3.63, 3.8) is 0 Å². The van der Waals surface area contributed by atoms with Gasteiger partial charge in [0.1, 0.15) is 23.8 Å². The summed E-state index contributed by atoms with van der Waals surface area (Å²) < 4.78 is 45.8. The molecule has 2 aliphatic rings. The Balaban J connectivity index is 1.48. The number of carbonyl (C=O) groups excluding carboxylic acids is 3. The largest absolute Gasteiger partial charge is 0.483 e. The summed E-state index contributed by atoms with van der Waals surface area (Å²) in [6.45, 7) is 0.937. The van der Waals surface area contributed by atoms with E-state index in [2.05, 4.69) is 5.32 Å². The van der Waals surface area contributed by atoms with Crippen molar-refractivity contribution in [2.75, 3.05) is 46.6 Å². The Bertz CT molecular complexity index is 1590. The fraction of sp³-hybridized carbons (Fsp3) is 0.355. The van der Waals surface area contributed by atoms with E-state index >= 15 is 0 Å². The zero-order chi connectivity index (χ0) is 30.6. The van der Waals surface area contributed by atoms with Crippen LogP contribution in [0.1, 0.15) is 38.4 Å². The first-order valence-corrected chi connectivity index (χ1v) is 13.8. The number of halogens is 2. The molecule has 12 heteroatoms. The predicted molar refractivity (Wildman–Crippen MR) is 150 cm³/mol. The number of rotatable bonds is 11. The molecule has 1 aromatic heterocycles. The number of ketones is 1. The summed E-state index contributed by atoms with van der Waals surface area (Å²) in [5.41, 5.74) is -1.17. The van der Waals surface area contributed by atoms with Gasteiger partial charge in [-0.15, -0.1) is 0 Å². The van der Waals surface area contributed by atoms with Gasteiger partial charge in [0.05, 0.1) is 25.3 Å². The van der Waals surface area contributed by atoms with E-state index < -0.39 is 46.7 Å². The molecule has 1 fully saturated rings. The average Bonchev–Trinajstić information content (AvgIpc) is 3.47. The third-order valence-electron chi connectivity index (χ3n) is 7.62. The Kier molecular flexibility index (Phi) is 8.97. The standard InChI is InChI=1S/C31H31F2N3O7/c1-41-12-10-35-18-31(9-11-42-19-31)36-16-24(29(39)34-15-23(37)13-21-7-8-22(32)14-25(21)33)27(38)28(26(36)30(35)40)43-17-20-5-3-2-4-6-20/h2-8,14,16H,9-13,15,17-19H2,1H3,(H,34,39). The molecule has 3 heterocycles. The number of pyridine rings is 1. The van der Waals surface area contributed by atoms with E-state index in [1.807, 2.05) is 18.2 Å². The highest BCUT2D eigenvalue weighted by molar-refractivity contribution is 6.00. The zero-order valence-electron chi connectivity index (χ0n) is 23.6. The summed E-state index contributed by atoms with van der Waals surface area (Å²) in [6.07, 6.45) is 1.46. The minimum Gasteiger partial charge on any atom is -0.483 e. The fourth-order valence-electron chi connectivity index (χ4n) is 5.35. The Morgan fingerprint density at radius 3 is 2.60 bits per heavy atom. The molecule has 226 valence electrons. The van der Waals surface area contributed by atoms with Crippen LogP contribution in [0, 0.1) is 11.6 Å². The van der Waals surface area contributed by atoms with E-state index in [-0.39, 0.29) is 61.9 Å². The number of ether oxygens (including phenoxy) is 3. The van der Waals surface area contributed by atoms with Gasteiger partial charge >= 0.3 is 0 Å². The van der Waals surface area contributed by atoms with Crippen LogP contribution in [0.25, 0.3) is 0 Å². The number of amides is 2. The number of nitrogens with zero attached hydrogens (tertiary/aromatic N) is 2.